The molecule has 0 aromatic carbocycles. The number of ketones is 2. The van der Waals surface area contributed by atoms with Crippen molar-refractivity contribution in [2.45, 2.75) is 65.3 Å². The molecule has 1 aliphatic rings. The second kappa shape index (κ2) is 5.21. The molecule has 0 aliphatic heterocycles. The minimum atomic E-state index is -0.959. The van der Waals surface area contributed by atoms with Gasteiger partial charge < -0.3 is 10.1 Å². The minimum absolute atomic E-state index is 0.00880. The molecule has 1 atom stereocenters. The summed E-state index contributed by atoms with van der Waals surface area (Å²) in [6.07, 6.45) is 2.41. The van der Waals surface area contributed by atoms with Crippen LogP contribution in [0.4, 0.5) is 0 Å². The molecule has 0 aromatic rings. The Morgan fingerprint density at radius 3 is 2.33 bits per heavy atom. The van der Waals surface area contributed by atoms with Gasteiger partial charge in [0.1, 0.15) is 17.0 Å². The fourth-order valence-electron chi connectivity index (χ4n) is 2.40. The number of carbonyl (C=O) groups is 3. The first kappa shape index (κ1) is 14.9. The van der Waals surface area contributed by atoms with Crippen molar-refractivity contribution in [3.05, 3.63) is 0 Å². The second-order valence-electron chi connectivity index (χ2n) is 6.26. The first-order valence-electron chi connectivity index (χ1n) is 6.53. The highest BCUT2D eigenvalue weighted by atomic mass is 16.2. The summed E-state index contributed by atoms with van der Waals surface area (Å²) in [6.45, 7) is 7.17. The molecule has 1 rings (SSSR count). The summed E-state index contributed by atoms with van der Waals surface area (Å²) >= 11 is 0. The molecule has 1 N–H and O–H groups in total. The highest BCUT2D eigenvalue weighted by Crippen LogP contribution is 2.39. The molecule has 0 saturated heterocycles. The summed E-state index contributed by atoms with van der Waals surface area (Å²) in [6, 6.07) is 0. The number of amides is 1. The van der Waals surface area contributed by atoms with Crippen molar-refractivity contribution in [1.29, 1.82) is 0 Å². The van der Waals surface area contributed by atoms with Crippen LogP contribution in [0.15, 0.2) is 0 Å². The minimum Gasteiger partial charge on any atom is -0.351 e. The lowest BCUT2D eigenvalue weighted by atomic mass is 9.78. The Kier molecular flexibility index (Phi) is 4.30. The standard InChI is InChI=1S/C14H23NO3/c1-10(16)7-9-14(8-5-6-11(14)17)12(18)15-13(2,3)4/h5-9H2,1-4H3,(H,15,18). The van der Waals surface area contributed by atoms with Crippen LogP contribution in [0.2, 0.25) is 0 Å². The van der Waals surface area contributed by atoms with Gasteiger partial charge >= 0.3 is 0 Å². The molecule has 1 fully saturated rings. The molecule has 4 heteroatoms. The highest BCUT2D eigenvalue weighted by molar-refractivity contribution is 6.07. The van der Waals surface area contributed by atoms with Crippen LogP contribution in [0.5, 0.6) is 0 Å². The van der Waals surface area contributed by atoms with E-state index in [9.17, 15) is 14.4 Å². The van der Waals surface area contributed by atoms with Crippen LogP contribution < -0.4 is 5.32 Å². The Hall–Kier alpha value is -1.19. The topological polar surface area (TPSA) is 63.2 Å². The predicted molar refractivity (Wildman–Crippen MR) is 69.1 cm³/mol. The van der Waals surface area contributed by atoms with E-state index in [4.69, 9.17) is 0 Å². The molecule has 0 heterocycles. The lowest BCUT2D eigenvalue weighted by Gasteiger charge is -2.30. The van der Waals surface area contributed by atoms with E-state index in [1.165, 1.54) is 6.92 Å². The summed E-state index contributed by atoms with van der Waals surface area (Å²) in [5, 5.41) is 2.88. The third-order valence-corrected chi connectivity index (χ3v) is 3.37. The number of rotatable bonds is 4. The van der Waals surface area contributed by atoms with Gasteiger partial charge in [0.25, 0.3) is 0 Å². The molecule has 0 bridgehead atoms. The van der Waals surface area contributed by atoms with E-state index in [1.54, 1.807) is 0 Å². The van der Waals surface area contributed by atoms with Gasteiger partial charge in [-0.3, -0.25) is 9.59 Å². The van der Waals surface area contributed by atoms with Crippen LogP contribution in [0.3, 0.4) is 0 Å². The zero-order valence-corrected chi connectivity index (χ0v) is 11.8. The van der Waals surface area contributed by atoms with Gasteiger partial charge in [0.15, 0.2) is 0 Å². The van der Waals surface area contributed by atoms with E-state index in [1.807, 2.05) is 20.8 Å². The van der Waals surface area contributed by atoms with Crippen LogP contribution in [0.25, 0.3) is 0 Å². The zero-order valence-electron chi connectivity index (χ0n) is 11.8. The predicted octanol–water partition coefficient (Wildman–Crippen LogP) is 2.01. The Labute approximate surface area is 109 Å². The summed E-state index contributed by atoms with van der Waals surface area (Å²) in [5.74, 6) is -0.193. The second-order valence-corrected chi connectivity index (χ2v) is 6.26. The number of carbonyl (C=O) groups excluding carboxylic acids is 3. The molecular weight excluding hydrogens is 230 g/mol. The SMILES string of the molecule is CC(=O)CCC1(C(=O)NC(C)(C)C)CCCC1=O. The first-order valence-corrected chi connectivity index (χ1v) is 6.53. The van der Waals surface area contributed by atoms with Crippen LogP contribution in [0.1, 0.15) is 59.8 Å². The monoisotopic (exact) mass is 253 g/mol. The average molecular weight is 253 g/mol. The van der Waals surface area contributed by atoms with E-state index >= 15 is 0 Å². The van der Waals surface area contributed by atoms with Gasteiger partial charge in [-0.05, 0) is 47.0 Å². The maximum Gasteiger partial charge on any atom is 0.234 e. The summed E-state index contributed by atoms with van der Waals surface area (Å²) in [4.78, 5) is 35.5. The third-order valence-electron chi connectivity index (χ3n) is 3.37. The van der Waals surface area contributed by atoms with Gasteiger partial charge in [0.2, 0.25) is 5.91 Å². The Bertz CT molecular complexity index is 368. The van der Waals surface area contributed by atoms with E-state index in [2.05, 4.69) is 5.32 Å². The molecule has 102 valence electrons. The van der Waals surface area contributed by atoms with E-state index in [0.29, 0.717) is 25.7 Å². The molecule has 18 heavy (non-hydrogen) atoms. The van der Waals surface area contributed by atoms with Gasteiger partial charge in [0, 0.05) is 18.4 Å². The molecule has 1 aliphatic carbocycles. The van der Waals surface area contributed by atoms with Gasteiger partial charge in [-0.2, -0.15) is 0 Å². The lowest BCUT2D eigenvalue weighted by Crippen LogP contribution is -2.51. The molecular formula is C14H23NO3. The van der Waals surface area contributed by atoms with Crippen LogP contribution in [-0.4, -0.2) is 23.0 Å². The van der Waals surface area contributed by atoms with Crippen molar-refractivity contribution in [2.24, 2.45) is 5.41 Å². The van der Waals surface area contributed by atoms with Gasteiger partial charge in [-0.25, -0.2) is 0 Å². The van der Waals surface area contributed by atoms with Crippen molar-refractivity contribution in [3.63, 3.8) is 0 Å². The Balaban J connectivity index is 2.88. The summed E-state index contributed by atoms with van der Waals surface area (Å²) in [7, 11) is 0. The fourth-order valence-corrected chi connectivity index (χ4v) is 2.40. The van der Waals surface area contributed by atoms with Crippen LogP contribution >= 0.6 is 0 Å². The smallest absolute Gasteiger partial charge is 0.234 e. The van der Waals surface area contributed by atoms with Crippen molar-refractivity contribution in [1.82, 2.24) is 5.32 Å². The first-order chi connectivity index (χ1) is 8.17. The third kappa shape index (κ3) is 3.40. The molecule has 0 spiro atoms. The van der Waals surface area contributed by atoms with Crippen molar-refractivity contribution in [2.75, 3.05) is 0 Å². The Morgan fingerprint density at radius 1 is 1.33 bits per heavy atom. The van der Waals surface area contributed by atoms with Crippen LogP contribution in [0, 0.1) is 5.41 Å². The highest BCUT2D eigenvalue weighted by Gasteiger charge is 2.48. The maximum atomic E-state index is 12.4. The van der Waals surface area contributed by atoms with Gasteiger partial charge in [-0.1, -0.05) is 0 Å². The van der Waals surface area contributed by atoms with E-state index < -0.39 is 5.41 Å². The van der Waals surface area contributed by atoms with Crippen molar-refractivity contribution in [3.8, 4) is 0 Å². The van der Waals surface area contributed by atoms with Gasteiger partial charge in [-0.15, -0.1) is 0 Å². The number of nitrogens with one attached hydrogen (secondary N) is 1. The lowest BCUT2D eigenvalue weighted by molar-refractivity contribution is -0.141. The van der Waals surface area contributed by atoms with Gasteiger partial charge in [0.05, 0.1) is 0 Å². The molecule has 1 amide bonds. The fraction of sp³-hybridized carbons (Fsp3) is 0.786. The normalized spacial score (nSPS) is 24.1. The number of hydrogen-bond acceptors (Lipinski definition) is 3. The maximum absolute atomic E-state index is 12.4. The molecule has 0 aromatic heterocycles. The summed E-state index contributed by atoms with van der Waals surface area (Å²) < 4.78 is 0. The zero-order chi connectivity index (χ0) is 14.0. The quantitative estimate of drug-likeness (QED) is 0.779. The largest absolute Gasteiger partial charge is 0.351 e. The molecule has 1 unspecified atom stereocenters. The Morgan fingerprint density at radius 2 is 1.94 bits per heavy atom. The van der Waals surface area contributed by atoms with E-state index in [0.717, 1.165) is 6.42 Å². The van der Waals surface area contributed by atoms with Crippen molar-refractivity contribution >= 4 is 17.5 Å². The number of Topliss-reactive ketones (excluding diaryl/α,β-unsaturated/α-hetero) is 2. The van der Waals surface area contributed by atoms with Crippen molar-refractivity contribution < 1.29 is 14.4 Å². The molecule has 0 radical (unpaired) electrons. The summed E-state index contributed by atoms with van der Waals surface area (Å²) in [5.41, 5.74) is -1.32. The molecule has 4 nitrogen and oxygen atoms in total. The van der Waals surface area contributed by atoms with E-state index in [-0.39, 0.29) is 23.0 Å². The average Bonchev–Trinajstić information content (AvgIpc) is 2.55. The molecule has 1 saturated carbocycles. The van der Waals surface area contributed by atoms with Crippen LogP contribution in [-0.2, 0) is 14.4 Å². The number of hydrogen-bond donors (Lipinski definition) is 1.